The average Bonchev–Trinajstić information content (AvgIpc) is 3.04. The van der Waals surface area contributed by atoms with Crippen molar-refractivity contribution >= 4 is 35.8 Å². The Balaban J connectivity index is 0.00000225. The number of likely N-dealkylation sites (tertiary alicyclic amines) is 1. The summed E-state index contributed by atoms with van der Waals surface area (Å²) in [6.07, 6.45) is 5.42. The third kappa shape index (κ3) is 5.09. The quantitative estimate of drug-likeness (QED) is 0.310. The summed E-state index contributed by atoms with van der Waals surface area (Å²) in [6.45, 7) is 6.37. The number of aliphatic imine (C=N–C) groups is 1. The number of guanidine groups is 1. The summed E-state index contributed by atoms with van der Waals surface area (Å²) in [5.41, 5.74) is 1.26. The van der Waals surface area contributed by atoms with Gasteiger partial charge in [0.25, 0.3) is 5.91 Å². The number of halogens is 1. The van der Waals surface area contributed by atoms with E-state index in [9.17, 15) is 4.79 Å². The summed E-state index contributed by atoms with van der Waals surface area (Å²) >= 11 is 0. The second-order valence-corrected chi connectivity index (χ2v) is 6.88. The third-order valence-electron chi connectivity index (χ3n) is 5.18. The largest absolute Gasteiger partial charge is 0.357 e. The van der Waals surface area contributed by atoms with Crippen LogP contribution in [0.4, 0.5) is 0 Å². The van der Waals surface area contributed by atoms with Crippen LogP contribution >= 0.6 is 24.0 Å². The first-order chi connectivity index (χ1) is 11.7. The fourth-order valence-corrected chi connectivity index (χ4v) is 3.65. The molecular weight excluding hydrogens is 427 g/mol. The lowest BCUT2D eigenvalue weighted by Gasteiger charge is -2.38. The minimum Gasteiger partial charge on any atom is -0.357 e. The van der Waals surface area contributed by atoms with Gasteiger partial charge in [0.2, 0.25) is 0 Å². The first-order valence-electron chi connectivity index (χ1n) is 9.09. The summed E-state index contributed by atoms with van der Waals surface area (Å²) in [7, 11) is 0. The van der Waals surface area contributed by atoms with Crippen molar-refractivity contribution in [1.29, 1.82) is 0 Å². The topological polar surface area (TPSA) is 56.7 Å². The van der Waals surface area contributed by atoms with E-state index >= 15 is 0 Å². The molecule has 0 radical (unpaired) electrons. The number of nitrogens with zero attached hydrogens (tertiary/aromatic N) is 2. The molecule has 0 unspecified atom stereocenters. The molecule has 1 heterocycles. The van der Waals surface area contributed by atoms with Gasteiger partial charge in [-0.2, -0.15) is 0 Å². The minimum atomic E-state index is -0.0367. The van der Waals surface area contributed by atoms with E-state index < -0.39 is 0 Å². The van der Waals surface area contributed by atoms with Gasteiger partial charge in [0, 0.05) is 31.7 Å². The van der Waals surface area contributed by atoms with E-state index in [0.717, 1.165) is 25.6 Å². The fourth-order valence-electron chi connectivity index (χ4n) is 3.65. The smallest absolute Gasteiger partial charge is 0.251 e. The van der Waals surface area contributed by atoms with Crippen LogP contribution in [0.2, 0.25) is 0 Å². The molecule has 25 heavy (non-hydrogen) atoms. The van der Waals surface area contributed by atoms with Gasteiger partial charge in [-0.15, -0.1) is 24.0 Å². The van der Waals surface area contributed by atoms with Gasteiger partial charge in [-0.3, -0.25) is 9.79 Å². The molecule has 1 spiro atoms. The number of nitrogens with one attached hydrogen (secondary N) is 2. The van der Waals surface area contributed by atoms with Gasteiger partial charge in [-0.25, -0.2) is 0 Å². The van der Waals surface area contributed by atoms with Crippen LogP contribution in [0.3, 0.4) is 0 Å². The molecule has 3 rings (SSSR count). The molecule has 2 aliphatic rings. The summed E-state index contributed by atoms with van der Waals surface area (Å²) in [4.78, 5) is 19.1. The predicted molar refractivity (Wildman–Crippen MR) is 113 cm³/mol. The summed E-state index contributed by atoms with van der Waals surface area (Å²) < 4.78 is 0. The van der Waals surface area contributed by atoms with Crippen molar-refractivity contribution in [1.82, 2.24) is 15.5 Å². The summed E-state index contributed by atoms with van der Waals surface area (Å²) in [5, 5.41) is 6.33. The zero-order valence-electron chi connectivity index (χ0n) is 15.0. The van der Waals surface area contributed by atoms with E-state index in [-0.39, 0.29) is 29.9 Å². The number of rotatable bonds is 5. The standard InChI is InChI=1S/C19H28N4O.HI/c1-2-20-18(23-14-11-19(15-23)9-6-10-19)22-13-12-21-17(24)16-7-4-3-5-8-16;/h3-5,7-8H,2,6,9-15H2,1H3,(H,20,22)(H,21,24);1H. The van der Waals surface area contributed by atoms with E-state index in [1.807, 2.05) is 30.3 Å². The predicted octanol–water partition coefficient (Wildman–Crippen LogP) is 2.88. The summed E-state index contributed by atoms with van der Waals surface area (Å²) in [5.74, 6) is 0.959. The molecule has 1 aromatic rings. The van der Waals surface area contributed by atoms with Crippen LogP contribution in [0.1, 0.15) is 43.0 Å². The SMILES string of the molecule is CCNC(=NCCNC(=O)c1ccccc1)N1CCC2(CCC2)C1.I. The van der Waals surface area contributed by atoms with E-state index in [1.54, 1.807) is 0 Å². The zero-order chi connectivity index (χ0) is 16.8. The Morgan fingerprint density at radius 2 is 1.96 bits per heavy atom. The molecule has 1 saturated carbocycles. The maximum Gasteiger partial charge on any atom is 0.251 e. The van der Waals surface area contributed by atoms with Crippen LogP contribution in [0.5, 0.6) is 0 Å². The highest BCUT2D eigenvalue weighted by atomic mass is 127. The van der Waals surface area contributed by atoms with Crippen LogP contribution in [0.25, 0.3) is 0 Å². The lowest BCUT2D eigenvalue weighted by molar-refractivity contribution is 0.0955. The van der Waals surface area contributed by atoms with Crippen LogP contribution < -0.4 is 10.6 Å². The van der Waals surface area contributed by atoms with Gasteiger partial charge >= 0.3 is 0 Å². The van der Waals surface area contributed by atoms with E-state index in [2.05, 4.69) is 22.5 Å². The molecule has 1 aliphatic carbocycles. The van der Waals surface area contributed by atoms with Crippen LogP contribution in [0.15, 0.2) is 35.3 Å². The average molecular weight is 456 g/mol. The monoisotopic (exact) mass is 456 g/mol. The van der Waals surface area contributed by atoms with Crippen molar-refractivity contribution in [2.45, 2.75) is 32.6 Å². The molecule has 1 aliphatic heterocycles. The Bertz CT molecular complexity index is 586. The molecular formula is C19H29IN4O. The molecule has 6 heteroatoms. The van der Waals surface area contributed by atoms with Crippen molar-refractivity contribution in [2.75, 3.05) is 32.7 Å². The summed E-state index contributed by atoms with van der Waals surface area (Å²) in [6, 6.07) is 9.31. The van der Waals surface area contributed by atoms with Crippen molar-refractivity contribution in [3.05, 3.63) is 35.9 Å². The van der Waals surface area contributed by atoms with Crippen molar-refractivity contribution in [3.8, 4) is 0 Å². The lowest BCUT2D eigenvalue weighted by Crippen LogP contribution is -2.43. The normalized spacial score (nSPS) is 18.4. The van der Waals surface area contributed by atoms with Gasteiger partial charge in [0.05, 0.1) is 6.54 Å². The van der Waals surface area contributed by atoms with Gasteiger partial charge in [0.1, 0.15) is 0 Å². The maximum absolute atomic E-state index is 12.0. The molecule has 2 N–H and O–H groups in total. The van der Waals surface area contributed by atoms with Crippen molar-refractivity contribution in [3.63, 3.8) is 0 Å². The second-order valence-electron chi connectivity index (χ2n) is 6.88. The number of benzene rings is 1. The Morgan fingerprint density at radius 1 is 1.20 bits per heavy atom. The van der Waals surface area contributed by atoms with Crippen LogP contribution in [0, 0.1) is 5.41 Å². The van der Waals surface area contributed by atoms with Crippen molar-refractivity contribution in [2.24, 2.45) is 10.4 Å². The van der Waals surface area contributed by atoms with Crippen LogP contribution in [-0.4, -0.2) is 49.5 Å². The van der Waals surface area contributed by atoms with Gasteiger partial charge in [-0.1, -0.05) is 24.6 Å². The fraction of sp³-hybridized carbons (Fsp3) is 0.579. The first-order valence-corrected chi connectivity index (χ1v) is 9.09. The highest BCUT2D eigenvalue weighted by molar-refractivity contribution is 14.0. The second kappa shape index (κ2) is 9.40. The molecule has 0 atom stereocenters. The minimum absolute atomic E-state index is 0. The number of carbonyl (C=O) groups is 1. The van der Waals surface area contributed by atoms with E-state index in [4.69, 9.17) is 4.99 Å². The zero-order valence-corrected chi connectivity index (χ0v) is 17.3. The lowest BCUT2D eigenvalue weighted by atomic mass is 9.68. The molecule has 0 aromatic heterocycles. The Morgan fingerprint density at radius 3 is 2.56 bits per heavy atom. The molecule has 2 fully saturated rings. The van der Waals surface area contributed by atoms with Crippen molar-refractivity contribution < 1.29 is 4.79 Å². The number of hydrogen-bond donors (Lipinski definition) is 2. The molecule has 1 amide bonds. The third-order valence-corrected chi connectivity index (χ3v) is 5.18. The highest BCUT2D eigenvalue weighted by Crippen LogP contribution is 2.47. The number of hydrogen-bond acceptors (Lipinski definition) is 2. The molecule has 1 aromatic carbocycles. The van der Waals surface area contributed by atoms with E-state index in [0.29, 0.717) is 24.1 Å². The maximum atomic E-state index is 12.0. The van der Waals surface area contributed by atoms with Gasteiger partial charge < -0.3 is 15.5 Å². The van der Waals surface area contributed by atoms with Gasteiger partial charge in [-0.05, 0) is 43.7 Å². The van der Waals surface area contributed by atoms with Crippen LogP contribution in [-0.2, 0) is 0 Å². The molecule has 138 valence electrons. The molecule has 5 nitrogen and oxygen atoms in total. The van der Waals surface area contributed by atoms with Gasteiger partial charge in [0.15, 0.2) is 5.96 Å². The number of amides is 1. The van der Waals surface area contributed by atoms with E-state index in [1.165, 1.54) is 25.7 Å². The first kappa shape index (κ1) is 20.0. The Kier molecular flexibility index (Phi) is 7.53. The Hall–Kier alpha value is -1.31. The molecule has 1 saturated heterocycles. The highest BCUT2D eigenvalue weighted by Gasteiger charge is 2.43. The Labute approximate surface area is 167 Å². The number of carbonyl (C=O) groups excluding carboxylic acids is 1. The molecule has 0 bridgehead atoms.